The van der Waals surface area contributed by atoms with Gasteiger partial charge in [0.05, 0.1) is 12.1 Å². The zero-order valence-corrected chi connectivity index (χ0v) is 13.2. The van der Waals surface area contributed by atoms with Crippen molar-refractivity contribution >= 4 is 5.91 Å². The van der Waals surface area contributed by atoms with Gasteiger partial charge < -0.3 is 14.8 Å². The molecule has 0 bridgehead atoms. The van der Waals surface area contributed by atoms with Crippen molar-refractivity contribution in [2.24, 2.45) is 5.92 Å². The van der Waals surface area contributed by atoms with E-state index in [4.69, 9.17) is 4.74 Å². The Hall–Kier alpha value is -1.76. The quantitative estimate of drug-likeness (QED) is 0.871. The fourth-order valence-electron chi connectivity index (χ4n) is 2.66. The first kappa shape index (κ1) is 17.6. The minimum absolute atomic E-state index is 0.182. The number of hydrogen-bond donors (Lipinski definition) is 1. The lowest BCUT2D eigenvalue weighted by atomic mass is 10.0. The lowest BCUT2D eigenvalue weighted by Gasteiger charge is -2.25. The number of alkyl halides is 3. The molecule has 128 valence electrons. The third kappa shape index (κ3) is 4.86. The van der Waals surface area contributed by atoms with Crippen molar-refractivity contribution in [1.82, 2.24) is 5.32 Å². The van der Waals surface area contributed by atoms with E-state index < -0.39 is 11.9 Å². The van der Waals surface area contributed by atoms with Crippen LogP contribution in [0.1, 0.15) is 31.7 Å². The number of benzene rings is 1. The molecule has 1 aliphatic carbocycles. The maximum atomic E-state index is 12.5. The summed E-state index contributed by atoms with van der Waals surface area (Å²) in [6, 6.07) is 5.95. The summed E-state index contributed by atoms with van der Waals surface area (Å²) in [6.45, 7) is 4.00. The molecule has 2 atom stereocenters. The number of ether oxygens (including phenoxy) is 2. The molecule has 0 radical (unpaired) electrons. The first-order valence-corrected chi connectivity index (χ1v) is 7.28. The average Bonchev–Trinajstić information content (AvgIpc) is 3.17. The summed E-state index contributed by atoms with van der Waals surface area (Å²) < 4.78 is 46.4. The lowest BCUT2D eigenvalue weighted by molar-refractivity contribution is -0.274. The van der Waals surface area contributed by atoms with Crippen molar-refractivity contribution in [3.63, 3.8) is 0 Å². The SMILES string of the molecule is COCC(C)(C)NC(=O)[C@@H]1C[C@H]1c1ccccc1OC(F)(F)F. The molecule has 1 saturated carbocycles. The van der Waals surface area contributed by atoms with E-state index in [-0.39, 0.29) is 23.5 Å². The Bertz CT molecular complexity index is 572. The Labute approximate surface area is 133 Å². The Morgan fingerprint density at radius 2 is 1.96 bits per heavy atom. The molecule has 0 aromatic heterocycles. The molecule has 1 aromatic rings. The van der Waals surface area contributed by atoms with Crippen molar-refractivity contribution in [3.05, 3.63) is 29.8 Å². The number of nitrogens with one attached hydrogen (secondary N) is 1. The van der Waals surface area contributed by atoms with E-state index in [9.17, 15) is 18.0 Å². The van der Waals surface area contributed by atoms with Gasteiger partial charge in [-0.3, -0.25) is 4.79 Å². The molecule has 1 aromatic carbocycles. The summed E-state index contributed by atoms with van der Waals surface area (Å²) in [6.07, 6.45) is -4.24. The Kier molecular flexibility index (Phi) is 4.89. The smallest absolute Gasteiger partial charge is 0.405 e. The number of halogens is 3. The number of carbonyl (C=O) groups excluding carboxylic acids is 1. The van der Waals surface area contributed by atoms with Crippen LogP contribution in [0.25, 0.3) is 0 Å². The third-order valence-electron chi connectivity index (χ3n) is 3.64. The Balaban J connectivity index is 2.05. The van der Waals surface area contributed by atoms with Crippen LogP contribution in [0.5, 0.6) is 5.75 Å². The molecule has 7 heteroatoms. The molecule has 1 N–H and O–H groups in total. The average molecular weight is 331 g/mol. The first-order valence-electron chi connectivity index (χ1n) is 7.28. The van der Waals surface area contributed by atoms with Crippen LogP contribution in [0.3, 0.4) is 0 Å². The maximum absolute atomic E-state index is 12.5. The van der Waals surface area contributed by atoms with Gasteiger partial charge in [-0.1, -0.05) is 18.2 Å². The van der Waals surface area contributed by atoms with Crippen molar-refractivity contribution in [2.45, 2.75) is 38.1 Å². The van der Waals surface area contributed by atoms with Gasteiger partial charge in [0.1, 0.15) is 5.75 Å². The van der Waals surface area contributed by atoms with Gasteiger partial charge in [0.25, 0.3) is 0 Å². The van der Waals surface area contributed by atoms with Gasteiger partial charge in [-0.15, -0.1) is 13.2 Å². The molecule has 0 unspecified atom stereocenters. The summed E-state index contributed by atoms with van der Waals surface area (Å²) >= 11 is 0. The monoisotopic (exact) mass is 331 g/mol. The normalized spacial score (nSPS) is 21.0. The molecule has 0 aliphatic heterocycles. The largest absolute Gasteiger partial charge is 0.573 e. The molecule has 2 rings (SSSR count). The molecular formula is C16H20F3NO3. The van der Waals surface area contributed by atoms with Crippen molar-refractivity contribution < 1.29 is 27.4 Å². The predicted molar refractivity (Wildman–Crippen MR) is 78.1 cm³/mol. The fourth-order valence-corrected chi connectivity index (χ4v) is 2.66. The summed E-state index contributed by atoms with van der Waals surface area (Å²) in [5.74, 6) is -1.02. The molecule has 0 spiro atoms. The zero-order valence-electron chi connectivity index (χ0n) is 13.2. The second kappa shape index (κ2) is 6.39. The van der Waals surface area contributed by atoms with Crippen LogP contribution in [0.2, 0.25) is 0 Å². The van der Waals surface area contributed by atoms with E-state index in [1.807, 2.05) is 13.8 Å². The van der Waals surface area contributed by atoms with Gasteiger partial charge in [0, 0.05) is 13.0 Å². The first-order chi connectivity index (χ1) is 10.6. The van der Waals surface area contributed by atoms with Crippen molar-refractivity contribution in [1.29, 1.82) is 0 Å². The second-order valence-electron chi connectivity index (χ2n) is 6.34. The van der Waals surface area contributed by atoms with Crippen LogP contribution in [0.4, 0.5) is 13.2 Å². The standard InChI is InChI=1S/C16H20F3NO3/c1-15(2,9-22-3)20-14(21)12-8-11(12)10-6-4-5-7-13(10)23-16(17,18)19/h4-7,11-12H,8-9H2,1-3H3,(H,20,21)/t11-,12+/m0/s1. The molecule has 1 amide bonds. The summed E-state index contributed by atoms with van der Waals surface area (Å²) in [5, 5.41) is 2.86. The minimum Gasteiger partial charge on any atom is -0.405 e. The Morgan fingerprint density at radius 3 is 2.57 bits per heavy atom. The van der Waals surface area contributed by atoms with E-state index >= 15 is 0 Å². The van der Waals surface area contributed by atoms with Crippen LogP contribution < -0.4 is 10.1 Å². The van der Waals surface area contributed by atoms with Gasteiger partial charge in [-0.2, -0.15) is 0 Å². The van der Waals surface area contributed by atoms with E-state index in [1.54, 1.807) is 19.2 Å². The highest BCUT2D eigenvalue weighted by Gasteiger charge is 2.47. The molecule has 23 heavy (non-hydrogen) atoms. The van der Waals surface area contributed by atoms with Crippen LogP contribution in [0, 0.1) is 5.92 Å². The number of methoxy groups -OCH3 is 1. The third-order valence-corrected chi connectivity index (χ3v) is 3.64. The van der Waals surface area contributed by atoms with E-state index in [0.29, 0.717) is 18.6 Å². The van der Waals surface area contributed by atoms with Gasteiger partial charge in [0.15, 0.2) is 0 Å². The van der Waals surface area contributed by atoms with Crippen molar-refractivity contribution in [3.8, 4) is 5.75 Å². The molecule has 0 heterocycles. The van der Waals surface area contributed by atoms with Crippen LogP contribution in [-0.2, 0) is 9.53 Å². The van der Waals surface area contributed by atoms with Crippen LogP contribution in [-0.4, -0.2) is 31.5 Å². The minimum atomic E-state index is -4.75. The topological polar surface area (TPSA) is 47.6 Å². The number of rotatable bonds is 6. The summed E-state index contributed by atoms with van der Waals surface area (Å²) in [5.41, 5.74) is -0.115. The highest BCUT2D eigenvalue weighted by atomic mass is 19.4. The summed E-state index contributed by atoms with van der Waals surface area (Å²) in [4.78, 5) is 12.2. The van der Waals surface area contributed by atoms with Crippen LogP contribution >= 0.6 is 0 Å². The maximum Gasteiger partial charge on any atom is 0.573 e. The highest BCUT2D eigenvalue weighted by molar-refractivity contribution is 5.83. The number of hydrogen-bond acceptors (Lipinski definition) is 3. The zero-order chi connectivity index (χ0) is 17.3. The van der Waals surface area contributed by atoms with Gasteiger partial charge in [0.2, 0.25) is 5.91 Å². The molecule has 0 saturated heterocycles. The molecule has 4 nitrogen and oxygen atoms in total. The van der Waals surface area contributed by atoms with Gasteiger partial charge in [-0.25, -0.2) is 0 Å². The van der Waals surface area contributed by atoms with E-state index in [2.05, 4.69) is 10.1 Å². The predicted octanol–water partition coefficient (Wildman–Crippen LogP) is 3.23. The highest BCUT2D eigenvalue weighted by Crippen LogP contribution is 2.51. The number of amides is 1. The number of carbonyl (C=O) groups is 1. The van der Waals surface area contributed by atoms with E-state index in [1.165, 1.54) is 12.1 Å². The summed E-state index contributed by atoms with van der Waals surface area (Å²) in [7, 11) is 1.54. The van der Waals surface area contributed by atoms with Gasteiger partial charge >= 0.3 is 6.36 Å². The van der Waals surface area contributed by atoms with E-state index in [0.717, 1.165) is 0 Å². The molecule has 1 fully saturated rings. The molecule has 1 aliphatic rings. The lowest BCUT2D eigenvalue weighted by Crippen LogP contribution is -2.47. The number of para-hydroxylation sites is 1. The van der Waals surface area contributed by atoms with Crippen molar-refractivity contribution in [2.75, 3.05) is 13.7 Å². The molecular weight excluding hydrogens is 311 g/mol. The Morgan fingerprint density at radius 1 is 1.30 bits per heavy atom. The van der Waals surface area contributed by atoms with Crippen LogP contribution in [0.15, 0.2) is 24.3 Å². The van der Waals surface area contributed by atoms with Gasteiger partial charge in [-0.05, 0) is 37.8 Å². The second-order valence-corrected chi connectivity index (χ2v) is 6.34. The fraction of sp³-hybridized carbons (Fsp3) is 0.562.